The maximum absolute atomic E-state index is 12.9. The number of nitrogens with zero attached hydrogens (tertiary/aromatic N) is 2. The van der Waals surface area contributed by atoms with Crippen LogP contribution in [0.25, 0.3) is 0 Å². The average molecular weight is 391 g/mol. The van der Waals surface area contributed by atoms with Crippen LogP contribution in [0.3, 0.4) is 0 Å². The predicted octanol–water partition coefficient (Wildman–Crippen LogP) is 3.30. The zero-order chi connectivity index (χ0) is 20.2. The summed E-state index contributed by atoms with van der Waals surface area (Å²) < 4.78 is 0. The molecule has 2 aliphatic heterocycles. The van der Waals surface area contributed by atoms with E-state index in [1.165, 1.54) is 0 Å². The molecule has 6 heteroatoms. The number of rotatable bonds is 4. The van der Waals surface area contributed by atoms with Crippen LogP contribution in [-0.2, 0) is 9.59 Å². The molecule has 2 aromatic rings. The highest BCUT2D eigenvalue weighted by Crippen LogP contribution is 2.24. The Morgan fingerprint density at radius 3 is 2.38 bits per heavy atom. The molecule has 0 bridgehead atoms. The Morgan fingerprint density at radius 1 is 0.931 bits per heavy atom. The van der Waals surface area contributed by atoms with Crippen LogP contribution in [0.4, 0.5) is 11.4 Å². The van der Waals surface area contributed by atoms with Crippen molar-refractivity contribution in [1.29, 1.82) is 0 Å². The van der Waals surface area contributed by atoms with Crippen LogP contribution >= 0.6 is 0 Å². The van der Waals surface area contributed by atoms with Crippen molar-refractivity contribution in [2.24, 2.45) is 5.92 Å². The standard InChI is InChI=1S/C23H25N3O3/c27-21-9-5-15-26(21)20-12-10-17(11-13-20)23(29)25-14-4-6-18(16-25)22(28)24-19-7-2-1-3-8-19/h1-3,7-8,10-13,18H,4-6,9,14-16H2,(H,24,28). The molecule has 2 saturated heterocycles. The number of amides is 3. The summed E-state index contributed by atoms with van der Waals surface area (Å²) in [6, 6.07) is 16.6. The maximum atomic E-state index is 12.9. The van der Waals surface area contributed by atoms with Crippen molar-refractivity contribution in [2.45, 2.75) is 25.7 Å². The second-order valence-electron chi connectivity index (χ2n) is 7.64. The number of likely N-dealkylation sites (tertiary alicyclic amines) is 1. The third-order valence-corrected chi connectivity index (χ3v) is 5.62. The van der Waals surface area contributed by atoms with Gasteiger partial charge in [0.2, 0.25) is 11.8 Å². The van der Waals surface area contributed by atoms with Crippen LogP contribution in [0.15, 0.2) is 54.6 Å². The Hall–Kier alpha value is -3.15. The number of piperidine rings is 1. The van der Waals surface area contributed by atoms with Gasteiger partial charge in [0.05, 0.1) is 5.92 Å². The van der Waals surface area contributed by atoms with Gasteiger partial charge < -0.3 is 15.1 Å². The lowest BCUT2D eigenvalue weighted by atomic mass is 9.96. The summed E-state index contributed by atoms with van der Waals surface area (Å²) in [5.41, 5.74) is 2.19. The number of nitrogens with one attached hydrogen (secondary N) is 1. The monoisotopic (exact) mass is 391 g/mol. The minimum Gasteiger partial charge on any atom is -0.338 e. The molecule has 29 heavy (non-hydrogen) atoms. The van der Waals surface area contributed by atoms with E-state index >= 15 is 0 Å². The molecular formula is C23H25N3O3. The molecule has 1 N–H and O–H groups in total. The molecular weight excluding hydrogens is 366 g/mol. The van der Waals surface area contributed by atoms with Gasteiger partial charge in [-0.2, -0.15) is 0 Å². The lowest BCUT2D eigenvalue weighted by molar-refractivity contribution is -0.121. The Labute approximate surface area is 170 Å². The molecule has 2 aliphatic rings. The molecule has 2 heterocycles. The lowest BCUT2D eigenvalue weighted by Crippen LogP contribution is -2.43. The predicted molar refractivity (Wildman–Crippen MR) is 112 cm³/mol. The first-order valence-corrected chi connectivity index (χ1v) is 10.2. The SMILES string of the molecule is O=C(Nc1ccccc1)C1CCCN(C(=O)c2ccc(N3CCCC3=O)cc2)C1. The molecule has 2 aromatic carbocycles. The Morgan fingerprint density at radius 2 is 1.69 bits per heavy atom. The minimum absolute atomic E-state index is 0.0448. The van der Waals surface area contributed by atoms with E-state index in [-0.39, 0.29) is 23.6 Å². The van der Waals surface area contributed by atoms with E-state index in [1.54, 1.807) is 21.9 Å². The van der Waals surface area contributed by atoms with E-state index in [0.29, 0.717) is 25.1 Å². The Kier molecular flexibility index (Phi) is 5.60. The van der Waals surface area contributed by atoms with Crippen LogP contribution in [0.2, 0.25) is 0 Å². The van der Waals surface area contributed by atoms with Gasteiger partial charge in [-0.15, -0.1) is 0 Å². The fourth-order valence-corrected chi connectivity index (χ4v) is 4.03. The zero-order valence-electron chi connectivity index (χ0n) is 16.3. The number of anilines is 2. The third-order valence-electron chi connectivity index (χ3n) is 5.62. The van der Waals surface area contributed by atoms with Crippen molar-refractivity contribution < 1.29 is 14.4 Å². The van der Waals surface area contributed by atoms with E-state index in [4.69, 9.17) is 0 Å². The van der Waals surface area contributed by atoms with Gasteiger partial charge in [-0.05, 0) is 55.7 Å². The van der Waals surface area contributed by atoms with E-state index in [0.717, 1.165) is 37.2 Å². The first-order valence-electron chi connectivity index (χ1n) is 10.2. The van der Waals surface area contributed by atoms with E-state index in [2.05, 4.69) is 5.32 Å². The highest BCUT2D eigenvalue weighted by molar-refractivity contribution is 5.98. The van der Waals surface area contributed by atoms with Crippen molar-refractivity contribution in [2.75, 3.05) is 29.9 Å². The summed E-state index contributed by atoms with van der Waals surface area (Å²) in [6.45, 7) is 1.81. The van der Waals surface area contributed by atoms with Gasteiger partial charge in [0, 0.05) is 43.0 Å². The molecule has 0 spiro atoms. The number of benzene rings is 2. The smallest absolute Gasteiger partial charge is 0.253 e. The quantitative estimate of drug-likeness (QED) is 0.869. The van der Waals surface area contributed by atoms with Gasteiger partial charge in [0.25, 0.3) is 5.91 Å². The van der Waals surface area contributed by atoms with Gasteiger partial charge in [-0.25, -0.2) is 0 Å². The number of carbonyl (C=O) groups excluding carboxylic acids is 3. The molecule has 3 amide bonds. The van der Waals surface area contributed by atoms with Crippen molar-refractivity contribution in [3.63, 3.8) is 0 Å². The van der Waals surface area contributed by atoms with Gasteiger partial charge in [0.15, 0.2) is 0 Å². The summed E-state index contributed by atoms with van der Waals surface area (Å²) in [5.74, 6) is -0.195. The summed E-state index contributed by atoms with van der Waals surface area (Å²) in [6.07, 6.45) is 3.04. The summed E-state index contributed by atoms with van der Waals surface area (Å²) >= 11 is 0. The fourth-order valence-electron chi connectivity index (χ4n) is 4.03. The van der Waals surface area contributed by atoms with Gasteiger partial charge in [-0.3, -0.25) is 14.4 Å². The molecule has 0 saturated carbocycles. The number of hydrogen-bond donors (Lipinski definition) is 1. The average Bonchev–Trinajstić information content (AvgIpc) is 3.20. The number of hydrogen-bond acceptors (Lipinski definition) is 3. The molecule has 1 atom stereocenters. The van der Waals surface area contributed by atoms with Crippen molar-refractivity contribution in [3.05, 3.63) is 60.2 Å². The van der Waals surface area contributed by atoms with Crippen molar-refractivity contribution in [3.8, 4) is 0 Å². The second-order valence-corrected chi connectivity index (χ2v) is 7.64. The molecule has 0 aromatic heterocycles. The van der Waals surface area contributed by atoms with Gasteiger partial charge >= 0.3 is 0 Å². The molecule has 6 nitrogen and oxygen atoms in total. The Bertz CT molecular complexity index is 895. The highest BCUT2D eigenvalue weighted by Gasteiger charge is 2.29. The minimum atomic E-state index is -0.214. The third kappa shape index (κ3) is 4.31. The largest absolute Gasteiger partial charge is 0.338 e. The van der Waals surface area contributed by atoms with Crippen LogP contribution in [0, 0.1) is 5.92 Å². The van der Waals surface area contributed by atoms with E-state index in [1.807, 2.05) is 42.5 Å². The maximum Gasteiger partial charge on any atom is 0.253 e. The fraction of sp³-hybridized carbons (Fsp3) is 0.348. The van der Waals surface area contributed by atoms with Crippen LogP contribution in [-0.4, -0.2) is 42.3 Å². The van der Waals surface area contributed by atoms with E-state index in [9.17, 15) is 14.4 Å². The van der Waals surface area contributed by atoms with Crippen LogP contribution in [0.5, 0.6) is 0 Å². The van der Waals surface area contributed by atoms with Crippen LogP contribution < -0.4 is 10.2 Å². The first-order chi connectivity index (χ1) is 14.1. The topological polar surface area (TPSA) is 69.7 Å². The molecule has 1 unspecified atom stereocenters. The lowest BCUT2D eigenvalue weighted by Gasteiger charge is -2.32. The van der Waals surface area contributed by atoms with Crippen molar-refractivity contribution in [1.82, 2.24) is 4.90 Å². The number of carbonyl (C=O) groups is 3. The van der Waals surface area contributed by atoms with Crippen LogP contribution in [0.1, 0.15) is 36.0 Å². The molecule has 4 rings (SSSR count). The number of para-hydroxylation sites is 1. The molecule has 0 aliphatic carbocycles. The summed E-state index contributed by atoms with van der Waals surface area (Å²) in [7, 11) is 0. The van der Waals surface area contributed by atoms with Gasteiger partial charge in [-0.1, -0.05) is 18.2 Å². The van der Waals surface area contributed by atoms with Crippen molar-refractivity contribution >= 4 is 29.1 Å². The summed E-state index contributed by atoms with van der Waals surface area (Å²) in [4.78, 5) is 41.0. The van der Waals surface area contributed by atoms with E-state index < -0.39 is 0 Å². The van der Waals surface area contributed by atoms with Gasteiger partial charge in [0.1, 0.15) is 0 Å². The highest BCUT2D eigenvalue weighted by atomic mass is 16.2. The molecule has 150 valence electrons. The molecule has 2 fully saturated rings. The normalized spacial score (nSPS) is 19.3. The molecule has 0 radical (unpaired) electrons. The first kappa shape index (κ1) is 19.2. The zero-order valence-corrected chi connectivity index (χ0v) is 16.3. The second kappa shape index (κ2) is 8.47. The Balaban J connectivity index is 1.39. The summed E-state index contributed by atoms with van der Waals surface area (Å²) in [5, 5.41) is 2.94.